The first kappa shape index (κ1) is 12.9. The van der Waals surface area contributed by atoms with Gasteiger partial charge >= 0.3 is 0 Å². The first-order valence-electron chi connectivity index (χ1n) is 7.17. The van der Waals surface area contributed by atoms with Crippen LogP contribution in [-0.2, 0) is 12.8 Å². The Balaban J connectivity index is 1.48. The molecule has 0 saturated heterocycles. The summed E-state index contributed by atoms with van der Waals surface area (Å²) in [6.45, 7) is 0.695. The molecule has 1 aromatic carbocycles. The fourth-order valence-electron chi connectivity index (χ4n) is 2.91. The summed E-state index contributed by atoms with van der Waals surface area (Å²) in [6.07, 6.45) is 5.88. The van der Waals surface area contributed by atoms with E-state index in [4.69, 9.17) is 10.5 Å². The molecular formula is C16H17N3OS. The summed E-state index contributed by atoms with van der Waals surface area (Å²) in [5.41, 5.74) is 8.72. The Hall–Kier alpha value is -1.85. The number of para-hydroxylation sites is 1. The van der Waals surface area contributed by atoms with Crippen molar-refractivity contribution in [3.8, 4) is 5.75 Å². The van der Waals surface area contributed by atoms with E-state index in [1.807, 2.05) is 23.7 Å². The van der Waals surface area contributed by atoms with Crippen LogP contribution in [0.25, 0.3) is 4.96 Å². The summed E-state index contributed by atoms with van der Waals surface area (Å²) in [4.78, 5) is 5.64. The van der Waals surface area contributed by atoms with Crippen molar-refractivity contribution in [3.05, 3.63) is 53.3 Å². The summed E-state index contributed by atoms with van der Waals surface area (Å²) >= 11 is 1.65. The Morgan fingerprint density at radius 3 is 3.24 bits per heavy atom. The smallest absolute Gasteiger partial charge is 0.193 e. The molecule has 0 amide bonds. The minimum Gasteiger partial charge on any atom is -0.493 e. The van der Waals surface area contributed by atoms with Gasteiger partial charge in [-0.1, -0.05) is 18.2 Å². The standard InChI is InChI=1S/C16H17N3OS/c17-14(8-13-9-19-5-6-21-16(19)18-13)12-7-11-3-1-2-4-15(11)20-10-12/h1-6,9,12,14H,7-8,10,17H2. The molecule has 0 bridgehead atoms. The third kappa shape index (κ3) is 2.43. The number of aromatic nitrogens is 2. The summed E-state index contributed by atoms with van der Waals surface area (Å²) in [5.74, 6) is 1.35. The van der Waals surface area contributed by atoms with Crippen LogP contribution in [0.3, 0.4) is 0 Å². The highest BCUT2D eigenvalue weighted by molar-refractivity contribution is 7.15. The fourth-order valence-corrected chi connectivity index (χ4v) is 3.63. The van der Waals surface area contributed by atoms with E-state index in [9.17, 15) is 0 Å². The van der Waals surface area contributed by atoms with E-state index in [-0.39, 0.29) is 6.04 Å². The fraction of sp³-hybridized carbons (Fsp3) is 0.312. The highest BCUT2D eigenvalue weighted by Gasteiger charge is 2.25. The molecule has 21 heavy (non-hydrogen) atoms. The van der Waals surface area contributed by atoms with Gasteiger partial charge in [-0.25, -0.2) is 4.98 Å². The monoisotopic (exact) mass is 299 g/mol. The summed E-state index contributed by atoms with van der Waals surface area (Å²) < 4.78 is 7.89. The topological polar surface area (TPSA) is 52.5 Å². The molecule has 3 aromatic rings. The first-order chi connectivity index (χ1) is 10.3. The number of hydrogen-bond acceptors (Lipinski definition) is 4. The van der Waals surface area contributed by atoms with Crippen LogP contribution in [0.1, 0.15) is 11.3 Å². The number of hydrogen-bond donors (Lipinski definition) is 1. The van der Waals surface area contributed by atoms with Gasteiger partial charge in [-0.2, -0.15) is 0 Å². The molecule has 2 aromatic heterocycles. The Bertz CT molecular complexity index is 735. The lowest BCUT2D eigenvalue weighted by atomic mass is 9.89. The second kappa shape index (κ2) is 5.16. The molecule has 0 aliphatic carbocycles. The van der Waals surface area contributed by atoms with Crippen LogP contribution in [0, 0.1) is 5.92 Å². The zero-order valence-corrected chi connectivity index (χ0v) is 12.4. The third-order valence-corrected chi connectivity index (χ3v) is 4.87. The zero-order chi connectivity index (χ0) is 14.2. The maximum atomic E-state index is 6.40. The summed E-state index contributed by atoms with van der Waals surface area (Å²) in [5, 5.41) is 2.04. The first-order valence-corrected chi connectivity index (χ1v) is 8.05. The number of thiazole rings is 1. The Kier molecular flexibility index (Phi) is 3.16. The molecule has 5 heteroatoms. The third-order valence-electron chi connectivity index (χ3n) is 4.10. The number of nitrogens with zero attached hydrogens (tertiary/aromatic N) is 2. The summed E-state index contributed by atoms with van der Waals surface area (Å²) in [7, 11) is 0. The van der Waals surface area contributed by atoms with E-state index in [0.29, 0.717) is 12.5 Å². The Morgan fingerprint density at radius 1 is 1.43 bits per heavy atom. The maximum absolute atomic E-state index is 6.40. The van der Waals surface area contributed by atoms with E-state index >= 15 is 0 Å². The van der Waals surface area contributed by atoms with Crippen molar-refractivity contribution in [1.29, 1.82) is 0 Å². The van der Waals surface area contributed by atoms with Crippen LogP contribution >= 0.6 is 11.3 Å². The highest BCUT2D eigenvalue weighted by Crippen LogP contribution is 2.28. The molecule has 1 aliphatic heterocycles. The quantitative estimate of drug-likeness (QED) is 0.808. The lowest BCUT2D eigenvalue weighted by Gasteiger charge is -2.29. The maximum Gasteiger partial charge on any atom is 0.193 e. The predicted molar refractivity (Wildman–Crippen MR) is 83.9 cm³/mol. The number of fused-ring (bicyclic) bond motifs is 2. The van der Waals surface area contributed by atoms with Gasteiger partial charge in [0.2, 0.25) is 0 Å². The van der Waals surface area contributed by atoms with Crippen molar-refractivity contribution in [3.63, 3.8) is 0 Å². The molecule has 2 unspecified atom stereocenters. The molecule has 4 rings (SSSR count). The largest absolute Gasteiger partial charge is 0.493 e. The number of ether oxygens (including phenoxy) is 1. The second-order valence-electron chi connectivity index (χ2n) is 5.58. The molecule has 0 spiro atoms. The highest BCUT2D eigenvalue weighted by atomic mass is 32.1. The van der Waals surface area contributed by atoms with Crippen LogP contribution in [-0.4, -0.2) is 22.0 Å². The van der Waals surface area contributed by atoms with Crippen molar-refractivity contribution >= 4 is 16.3 Å². The molecule has 108 valence electrons. The number of imidazole rings is 1. The van der Waals surface area contributed by atoms with Crippen molar-refractivity contribution in [2.45, 2.75) is 18.9 Å². The van der Waals surface area contributed by atoms with Gasteiger partial charge in [0, 0.05) is 36.2 Å². The van der Waals surface area contributed by atoms with Crippen LogP contribution < -0.4 is 10.5 Å². The lowest BCUT2D eigenvalue weighted by molar-refractivity contribution is 0.198. The van der Waals surface area contributed by atoms with Crippen molar-refractivity contribution in [2.75, 3.05) is 6.61 Å². The average Bonchev–Trinajstić information content (AvgIpc) is 3.08. The number of benzene rings is 1. The normalized spacial score (nSPS) is 19.2. The molecule has 0 saturated carbocycles. The van der Waals surface area contributed by atoms with Crippen LogP contribution in [0.4, 0.5) is 0 Å². The van der Waals surface area contributed by atoms with Crippen molar-refractivity contribution < 1.29 is 4.74 Å². The van der Waals surface area contributed by atoms with Gasteiger partial charge in [0.1, 0.15) is 5.75 Å². The molecule has 0 fully saturated rings. The van der Waals surface area contributed by atoms with E-state index < -0.39 is 0 Å². The van der Waals surface area contributed by atoms with E-state index in [0.717, 1.165) is 29.2 Å². The van der Waals surface area contributed by atoms with Crippen LogP contribution in [0.15, 0.2) is 42.0 Å². The average molecular weight is 299 g/mol. The Labute approximate surface area is 127 Å². The molecule has 1 aliphatic rings. The molecular weight excluding hydrogens is 282 g/mol. The van der Waals surface area contributed by atoms with Crippen molar-refractivity contribution in [1.82, 2.24) is 9.38 Å². The van der Waals surface area contributed by atoms with Gasteiger partial charge < -0.3 is 10.5 Å². The molecule has 2 atom stereocenters. The zero-order valence-electron chi connectivity index (χ0n) is 11.6. The molecule has 0 radical (unpaired) electrons. The van der Waals surface area contributed by atoms with Gasteiger partial charge in [-0.15, -0.1) is 11.3 Å². The molecule has 4 nitrogen and oxygen atoms in total. The van der Waals surface area contributed by atoms with Crippen molar-refractivity contribution in [2.24, 2.45) is 11.7 Å². The predicted octanol–water partition coefficient (Wildman–Crippen LogP) is 2.52. The van der Waals surface area contributed by atoms with Gasteiger partial charge in [-0.3, -0.25) is 4.40 Å². The van der Waals surface area contributed by atoms with E-state index in [1.165, 1.54) is 5.56 Å². The molecule has 3 heterocycles. The molecule has 2 N–H and O–H groups in total. The number of nitrogens with two attached hydrogens (primary N) is 1. The van der Waals surface area contributed by atoms with Crippen LogP contribution in [0.5, 0.6) is 5.75 Å². The van der Waals surface area contributed by atoms with E-state index in [2.05, 4.69) is 27.7 Å². The SMILES string of the molecule is NC(Cc1cn2ccsc2n1)C1COc2ccccc2C1. The van der Waals surface area contributed by atoms with Gasteiger partial charge in [-0.05, 0) is 18.1 Å². The second-order valence-corrected chi connectivity index (χ2v) is 6.45. The number of rotatable bonds is 3. The van der Waals surface area contributed by atoms with E-state index in [1.54, 1.807) is 11.3 Å². The van der Waals surface area contributed by atoms with Gasteiger partial charge in [0.05, 0.1) is 12.3 Å². The lowest BCUT2D eigenvalue weighted by Crippen LogP contribution is -2.39. The van der Waals surface area contributed by atoms with Gasteiger partial charge in [0.25, 0.3) is 0 Å². The minimum absolute atomic E-state index is 0.0722. The minimum atomic E-state index is 0.0722. The van der Waals surface area contributed by atoms with Gasteiger partial charge in [0.15, 0.2) is 4.96 Å². The summed E-state index contributed by atoms with van der Waals surface area (Å²) in [6, 6.07) is 8.29. The van der Waals surface area contributed by atoms with Crippen LogP contribution in [0.2, 0.25) is 0 Å². The Morgan fingerprint density at radius 2 is 2.33 bits per heavy atom.